The van der Waals surface area contributed by atoms with Crippen LogP contribution in [0, 0.1) is 17.2 Å². The van der Waals surface area contributed by atoms with E-state index in [1.54, 1.807) is 19.2 Å². The van der Waals surface area contributed by atoms with E-state index in [0.29, 0.717) is 11.3 Å². The van der Waals surface area contributed by atoms with Gasteiger partial charge in [-0.25, -0.2) is 0 Å². The highest BCUT2D eigenvalue weighted by molar-refractivity contribution is 5.79. The average molecular weight is 419 g/mol. The molecule has 1 fully saturated rings. The molecule has 1 saturated heterocycles. The lowest BCUT2D eigenvalue weighted by Gasteiger charge is -2.38. The molecule has 0 bridgehead atoms. The topological polar surface area (TPSA) is 74.6 Å². The zero-order valence-electron chi connectivity index (χ0n) is 16.2. The molecule has 1 N–H and O–H groups in total. The van der Waals surface area contributed by atoms with E-state index in [9.17, 15) is 18.0 Å². The summed E-state index contributed by atoms with van der Waals surface area (Å²) in [6, 6.07) is 12.8. The lowest BCUT2D eigenvalue weighted by atomic mass is 9.98. The lowest BCUT2D eigenvalue weighted by molar-refractivity contribution is -0.274. The maximum Gasteiger partial charge on any atom is 0.573 e. The van der Waals surface area contributed by atoms with Crippen LogP contribution in [0.4, 0.5) is 13.2 Å². The third-order valence-corrected chi connectivity index (χ3v) is 4.64. The lowest BCUT2D eigenvalue weighted by Crippen LogP contribution is -2.52. The van der Waals surface area contributed by atoms with Crippen molar-refractivity contribution in [3.63, 3.8) is 0 Å². The standard InChI is InChI=1S/C21H20F3N3O3/c1-26-20(28)17-11-27(12-17)10-14-2-4-18(5-3-14)29-13-16-6-15(9-25)7-19(8-16)30-21(22,23)24/h2-8,17H,10-13H2,1H3,(H,26,28). The highest BCUT2D eigenvalue weighted by Gasteiger charge is 2.32. The van der Waals surface area contributed by atoms with Gasteiger partial charge in [0.15, 0.2) is 0 Å². The van der Waals surface area contributed by atoms with Gasteiger partial charge in [0.25, 0.3) is 0 Å². The van der Waals surface area contributed by atoms with E-state index < -0.39 is 12.1 Å². The monoisotopic (exact) mass is 419 g/mol. The largest absolute Gasteiger partial charge is 0.573 e. The highest BCUT2D eigenvalue weighted by Crippen LogP contribution is 2.26. The third kappa shape index (κ3) is 5.87. The van der Waals surface area contributed by atoms with Gasteiger partial charge in [0.05, 0.1) is 17.6 Å². The first kappa shape index (κ1) is 21.5. The molecule has 1 heterocycles. The summed E-state index contributed by atoms with van der Waals surface area (Å²) in [5, 5.41) is 11.6. The Balaban J connectivity index is 1.54. The van der Waals surface area contributed by atoms with Crippen molar-refractivity contribution >= 4 is 5.91 Å². The number of alkyl halides is 3. The van der Waals surface area contributed by atoms with Gasteiger partial charge in [0, 0.05) is 26.7 Å². The van der Waals surface area contributed by atoms with Gasteiger partial charge >= 0.3 is 6.36 Å². The number of hydrogen-bond donors (Lipinski definition) is 1. The van der Waals surface area contributed by atoms with Gasteiger partial charge in [0.1, 0.15) is 18.1 Å². The first-order valence-corrected chi connectivity index (χ1v) is 9.21. The maximum absolute atomic E-state index is 12.4. The number of nitrogens with zero attached hydrogens (tertiary/aromatic N) is 2. The fourth-order valence-electron chi connectivity index (χ4n) is 3.19. The minimum atomic E-state index is -4.83. The summed E-state index contributed by atoms with van der Waals surface area (Å²) in [5.41, 5.74) is 1.50. The molecule has 0 aliphatic carbocycles. The van der Waals surface area contributed by atoms with Gasteiger partial charge in [-0.05, 0) is 41.5 Å². The van der Waals surface area contributed by atoms with E-state index >= 15 is 0 Å². The Morgan fingerprint density at radius 3 is 2.47 bits per heavy atom. The molecule has 1 amide bonds. The number of benzene rings is 2. The van der Waals surface area contributed by atoms with Crippen LogP contribution in [-0.4, -0.2) is 37.3 Å². The molecule has 30 heavy (non-hydrogen) atoms. The van der Waals surface area contributed by atoms with Crippen LogP contribution >= 0.6 is 0 Å². The fourth-order valence-corrected chi connectivity index (χ4v) is 3.19. The molecule has 2 aromatic carbocycles. The quantitative estimate of drug-likeness (QED) is 0.746. The SMILES string of the molecule is CNC(=O)C1CN(Cc2ccc(OCc3cc(C#N)cc(OC(F)(F)F)c3)cc2)C1. The Morgan fingerprint density at radius 1 is 1.17 bits per heavy atom. The van der Waals surface area contributed by atoms with Crippen molar-refractivity contribution in [1.82, 2.24) is 10.2 Å². The second-order valence-electron chi connectivity index (χ2n) is 6.96. The molecule has 0 saturated carbocycles. The predicted molar refractivity (Wildman–Crippen MR) is 101 cm³/mol. The minimum absolute atomic E-state index is 0.0109. The summed E-state index contributed by atoms with van der Waals surface area (Å²) in [6.45, 7) is 2.14. The summed E-state index contributed by atoms with van der Waals surface area (Å²) in [4.78, 5) is 13.7. The van der Waals surface area contributed by atoms with Crippen molar-refractivity contribution in [2.24, 2.45) is 5.92 Å². The number of hydrogen-bond acceptors (Lipinski definition) is 5. The number of carbonyl (C=O) groups excluding carboxylic acids is 1. The van der Waals surface area contributed by atoms with Gasteiger partial charge in [-0.1, -0.05) is 12.1 Å². The number of nitriles is 1. The van der Waals surface area contributed by atoms with E-state index in [-0.39, 0.29) is 24.0 Å². The Bertz CT molecular complexity index is 933. The summed E-state index contributed by atoms with van der Waals surface area (Å²) in [5.74, 6) is 0.179. The van der Waals surface area contributed by atoms with Crippen LogP contribution in [0.25, 0.3) is 0 Å². The van der Waals surface area contributed by atoms with Crippen molar-refractivity contribution in [2.75, 3.05) is 20.1 Å². The first-order chi connectivity index (χ1) is 14.3. The summed E-state index contributed by atoms with van der Waals surface area (Å²) < 4.78 is 46.8. The molecule has 158 valence electrons. The molecule has 1 aliphatic rings. The van der Waals surface area contributed by atoms with E-state index in [4.69, 9.17) is 10.00 Å². The van der Waals surface area contributed by atoms with Gasteiger partial charge in [-0.3, -0.25) is 9.69 Å². The van der Waals surface area contributed by atoms with E-state index in [1.165, 1.54) is 12.1 Å². The number of nitrogens with one attached hydrogen (secondary N) is 1. The van der Waals surface area contributed by atoms with Crippen LogP contribution < -0.4 is 14.8 Å². The Kier molecular flexibility index (Phi) is 6.47. The smallest absolute Gasteiger partial charge is 0.489 e. The Hall–Kier alpha value is -3.25. The molecule has 0 spiro atoms. The van der Waals surface area contributed by atoms with Crippen LogP contribution in [0.15, 0.2) is 42.5 Å². The van der Waals surface area contributed by atoms with Gasteiger partial charge in [0.2, 0.25) is 5.91 Å². The van der Waals surface area contributed by atoms with Crippen LogP contribution in [-0.2, 0) is 17.9 Å². The molecule has 1 aliphatic heterocycles. The zero-order valence-corrected chi connectivity index (χ0v) is 16.2. The molecule has 0 radical (unpaired) electrons. The van der Waals surface area contributed by atoms with E-state index in [0.717, 1.165) is 31.3 Å². The van der Waals surface area contributed by atoms with Crippen molar-refractivity contribution in [3.8, 4) is 17.6 Å². The average Bonchev–Trinajstić information content (AvgIpc) is 2.67. The fraction of sp³-hybridized carbons (Fsp3) is 0.333. The molecule has 0 aromatic heterocycles. The summed E-state index contributed by atoms with van der Waals surface area (Å²) >= 11 is 0. The van der Waals surface area contributed by atoms with Gasteiger partial charge in [-0.15, -0.1) is 13.2 Å². The van der Waals surface area contributed by atoms with Crippen molar-refractivity contribution in [3.05, 3.63) is 59.2 Å². The molecule has 2 aromatic rings. The normalized spacial score (nSPS) is 14.5. The summed E-state index contributed by atoms with van der Waals surface area (Å²) in [7, 11) is 1.63. The number of rotatable bonds is 7. The number of carbonyl (C=O) groups is 1. The number of ether oxygens (including phenoxy) is 2. The predicted octanol–water partition coefficient (Wildman–Crippen LogP) is 3.21. The highest BCUT2D eigenvalue weighted by atomic mass is 19.4. The Labute approximate surface area is 171 Å². The van der Waals surface area contributed by atoms with Crippen LogP contribution in [0.1, 0.15) is 16.7 Å². The number of halogens is 3. The van der Waals surface area contributed by atoms with Gasteiger partial charge < -0.3 is 14.8 Å². The van der Waals surface area contributed by atoms with Gasteiger partial charge in [-0.2, -0.15) is 5.26 Å². The number of likely N-dealkylation sites (tertiary alicyclic amines) is 1. The van der Waals surface area contributed by atoms with E-state index in [1.807, 2.05) is 18.2 Å². The second-order valence-corrected chi connectivity index (χ2v) is 6.96. The summed E-state index contributed by atoms with van der Waals surface area (Å²) in [6.07, 6.45) is -4.83. The van der Waals surface area contributed by atoms with Crippen LogP contribution in [0.5, 0.6) is 11.5 Å². The molecule has 6 nitrogen and oxygen atoms in total. The second kappa shape index (κ2) is 9.05. The molecule has 9 heteroatoms. The first-order valence-electron chi connectivity index (χ1n) is 9.21. The third-order valence-electron chi connectivity index (χ3n) is 4.64. The minimum Gasteiger partial charge on any atom is -0.489 e. The number of amides is 1. The Morgan fingerprint density at radius 2 is 1.87 bits per heavy atom. The van der Waals surface area contributed by atoms with Crippen LogP contribution in [0.2, 0.25) is 0 Å². The van der Waals surface area contributed by atoms with E-state index in [2.05, 4.69) is 15.0 Å². The molecular weight excluding hydrogens is 399 g/mol. The molecule has 0 atom stereocenters. The molecule has 3 rings (SSSR count). The zero-order chi connectivity index (χ0) is 21.7. The van der Waals surface area contributed by atoms with Crippen molar-refractivity contribution < 1.29 is 27.4 Å². The van der Waals surface area contributed by atoms with Crippen molar-refractivity contribution in [2.45, 2.75) is 19.5 Å². The van der Waals surface area contributed by atoms with Crippen LogP contribution in [0.3, 0.4) is 0 Å². The maximum atomic E-state index is 12.4. The van der Waals surface area contributed by atoms with Crippen molar-refractivity contribution in [1.29, 1.82) is 5.26 Å². The molecule has 0 unspecified atom stereocenters. The molecular formula is C21H20F3N3O3.